The number of carboxylic acid groups (broad SMARTS) is 1. The number of hydrogen-bond donors (Lipinski definition) is 3. The van der Waals surface area contributed by atoms with Gasteiger partial charge in [0, 0.05) is 18.4 Å². The molecule has 4 N–H and O–H groups in total. The molecule has 180 valence electrons. The minimum Gasteiger partial charge on any atom is -0.488 e. The summed E-state index contributed by atoms with van der Waals surface area (Å²) in [6, 6.07) is 1.54. The summed E-state index contributed by atoms with van der Waals surface area (Å²) < 4.78 is 39.5. The van der Waals surface area contributed by atoms with Gasteiger partial charge < -0.3 is 25.6 Å². The van der Waals surface area contributed by atoms with Gasteiger partial charge in [-0.1, -0.05) is 6.42 Å². The number of ether oxygens (including phenoxy) is 2. The molecule has 0 heterocycles. The minimum atomic E-state index is -0.913. The van der Waals surface area contributed by atoms with Gasteiger partial charge in [0.2, 0.25) is 5.91 Å². The number of aliphatic carboxylic acids is 1. The molecule has 32 heavy (non-hydrogen) atoms. The zero-order chi connectivity index (χ0) is 24.3. The van der Waals surface area contributed by atoms with Crippen molar-refractivity contribution in [2.24, 2.45) is 5.73 Å². The van der Waals surface area contributed by atoms with Gasteiger partial charge in [0.25, 0.3) is 0 Å². The summed E-state index contributed by atoms with van der Waals surface area (Å²) in [5.74, 6) is -3.25. The standard InChI is InChI=1S/C22H32F2N2O6/c1-22(2,3)32-21(30)26-14(9-12-18(25)27)13-31-17-11-10-16(23)15(20(17)24)7-5-4-6-8-19(28)29/h10-11,14H,4-9,12-13H2,1-3H3,(H2,25,27)(H,26,30)(H,28,29)/t14-/m0/s1. The Kier molecular flexibility index (Phi) is 10.9. The molecule has 0 spiro atoms. The summed E-state index contributed by atoms with van der Waals surface area (Å²) in [4.78, 5) is 33.7. The van der Waals surface area contributed by atoms with Gasteiger partial charge >= 0.3 is 12.1 Å². The molecule has 0 unspecified atom stereocenters. The summed E-state index contributed by atoms with van der Waals surface area (Å²) in [7, 11) is 0. The number of halogens is 2. The number of nitrogens with one attached hydrogen (secondary N) is 1. The second-order valence-corrected chi connectivity index (χ2v) is 8.45. The van der Waals surface area contributed by atoms with Crippen LogP contribution in [-0.2, 0) is 20.7 Å². The number of hydrogen-bond acceptors (Lipinski definition) is 5. The lowest BCUT2D eigenvalue weighted by atomic mass is 10.0. The molecular weight excluding hydrogens is 426 g/mol. The quantitative estimate of drug-likeness (QED) is 0.387. The number of primary amides is 1. The molecule has 1 atom stereocenters. The Hall–Kier alpha value is -2.91. The zero-order valence-corrected chi connectivity index (χ0v) is 18.7. The summed E-state index contributed by atoms with van der Waals surface area (Å²) in [6.07, 6.45) is 0.855. The van der Waals surface area contributed by atoms with Crippen LogP contribution in [-0.4, -0.2) is 41.3 Å². The SMILES string of the molecule is CC(C)(C)OC(=O)N[C@@H](CCC(N)=O)COc1ccc(F)c(CCCCCC(=O)O)c1F. The Morgan fingerprint density at radius 2 is 1.81 bits per heavy atom. The summed E-state index contributed by atoms with van der Waals surface area (Å²) in [6.45, 7) is 4.89. The van der Waals surface area contributed by atoms with Gasteiger partial charge in [-0.05, 0) is 58.6 Å². The van der Waals surface area contributed by atoms with Crippen LogP contribution in [0.5, 0.6) is 5.75 Å². The van der Waals surface area contributed by atoms with Gasteiger partial charge in [0.15, 0.2) is 11.6 Å². The van der Waals surface area contributed by atoms with Crippen LogP contribution in [0.15, 0.2) is 12.1 Å². The van der Waals surface area contributed by atoms with E-state index < -0.39 is 41.2 Å². The summed E-state index contributed by atoms with van der Waals surface area (Å²) in [5, 5.41) is 11.2. The van der Waals surface area contributed by atoms with E-state index in [1.807, 2.05) is 0 Å². The molecule has 2 amide bonds. The molecule has 0 saturated heterocycles. The van der Waals surface area contributed by atoms with Gasteiger partial charge in [-0.25, -0.2) is 13.6 Å². The maximum Gasteiger partial charge on any atom is 0.407 e. The lowest BCUT2D eigenvalue weighted by Crippen LogP contribution is -2.42. The fourth-order valence-electron chi connectivity index (χ4n) is 2.85. The average Bonchev–Trinajstić information content (AvgIpc) is 2.65. The second kappa shape index (κ2) is 12.8. The largest absolute Gasteiger partial charge is 0.488 e. The molecule has 0 aliphatic heterocycles. The number of carbonyl (C=O) groups excluding carboxylic acids is 2. The maximum absolute atomic E-state index is 14.8. The highest BCUT2D eigenvalue weighted by atomic mass is 19.1. The van der Waals surface area contributed by atoms with Crippen molar-refractivity contribution in [1.82, 2.24) is 5.32 Å². The molecule has 0 bridgehead atoms. The van der Waals surface area contributed by atoms with Gasteiger partial charge in [-0.3, -0.25) is 9.59 Å². The molecule has 8 nitrogen and oxygen atoms in total. The van der Waals surface area contributed by atoms with Gasteiger partial charge in [-0.2, -0.15) is 0 Å². The van der Waals surface area contributed by atoms with E-state index in [2.05, 4.69) is 5.32 Å². The topological polar surface area (TPSA) is 128 Å². The van der Waals surface area contributed by atoms with Crippen molar-refractivity contribution < 1.29 is 37.7 Å². The van der Waals surface area contributed by atoms with Crippen molar-refractivity contribution in [1.29, 1.82) is 0 Å². The monoisotopic (exact) mass is 458 g/mol. The fraction of sp³-hybridized carbons (Fsp3) is 0.591. The zero-order valence-electron chi connectivity index (χ0n) is 18.7. The molecule has 0 aliphatic carbocycles. The Morgan fingerprint density at radius 3 is 2.41 bits per heavy atom. The molecule has 0 radical (unpaired) electrons. The number of alkyl carbamates (subject to hydrolysis) is 1. The van der Waals surface area contributed by atoms with Crippen LogP contribution < -0.4 is 15.8 Å². The Morgan fingerprint density at radius 1 is 1.12 bits per heavy atom. The molecule has 0 aliphatic rings. The molecule has 0 saturated carbocycles. The van der Waals surface area contributed by atoms with Gasteiger partial charge in [0.05, 0.1) is 6.04 Å². The Balaban J connectivity index is 2.77. The normalized spacial score (nSPS) is 12.2. The van der Waals surface area contributed by atoms with Crippen LogP contribution in [0, 0.1) is 11.6 Å². The van der Waals surface area contributed by atoms with E-state index in [4.69, 9.17) is 20.3 Å². The summed E-state index contributed by atoms with van der Waals surface area (Å²) >= 11 is 0. The predicted octanol–water partition coefficient (Wildman–Crippen LogP) is 3.69. The van der Waals surface area contributed by atoms with Crippen molar-refractivity contribution in [3.63, 3.8) is 0 Å². The predicted molar refractivity (Wildman–Crippen MR) is 113 cm³/mol. The molecular formula is C22H32F2N2O6. The Labute approximate surface area is 186 Å². The Bertz CT molecular complexity index is 795. The van der Waals surface area contributed by atoms with Crippen LogP contribution in [0.3, 0.4) is 0 Å². The van der Waals surface area contributed by atoms with Crippen molar-refractivity contribution in [3.8, 4) is 5.75 Å². The fourth-order valence-corrected chi connectivity index (χ4v) is 2.85. The number of carboxylic acids is 1. The number of unbranched alkanes of at least 4 members (excludes halogenated alkanes) is 2. The van der Waals surface area contributed by atoms with Gasteiger partial charge in [0.1, 0.15) is 18.0 Å². The number of nitrogens with two attached hydrogens (primary N) is 1. The van der Waals surface area contributed by atoms with Crippen molar-refractivity contribution in [2.75, 3.05) is 6.61 Å². The van der Waals surface area contributed by atoms with Crippen LogP contribution in [0.1, 0.15) is 64.9 Å². The van der Waals surface area contributed by atoms with E-state index >= 15 is 0 Å². The van der Waals surface area contributed by atoms with Crippen LogP contribution in [0.4, 0.5) is 13.6 Å². The van der Waals surface area contributed by atoms with E-state index in [0.29, 0.717) is 19.3 Å². The second-order valence-electron chi connectivity index (χ2n) is 8.45. The molecule has 10 heteroatoms. The van der Waals surface area contributed by atoms with E-state index in [9.17, 15) is 23.2 Å². The number of rotatable bonds is 13. The third-order valence-electron chi connectivity index (χ3n) is 4.37. The number of benzene rings is 1. The highest BCUT2D eigenvalue weighted by molar-refractivity contribution is 5.74. The highest BCUT2D eigenvalue weighted by Crippen LogP contribution is 2.25. The smallest absolute Gasteiger partial charge is 0.407 e. The third kappa shape index (κ3) is 10.9. The molecule has 1 rings (SSSR count). The first-order valence-corrected chi connectivity index (χ1v) is 10.5. The van der Waals surface area contributed by atoms with Crippen molar-refractivity contribution >= 4 is 18.0 Å². The number of amides is 2. The van der Waals surface area contributed by atoms with E-state index in [1.54, 1.807) is 20.8 Å². The maximum atomic E-state index is 14.8. The number of carbonyl (C=O) groups is 3. The average molecular weight is 459 g/mol. The van der Waals surface area contributed by atoms with Gasteiger partial charge in [-0.15, -0.1) is 0 Å². The molecule has 1 aromatic carbocycles. The van der Waals surface area contributed by atoms with E-state index in [-0.39, 0.29) is 43.6 Å². The lowest BCUT2D eigenvalue weighted by molar-refractivity contribution is -0.137. The minimum absolute atomic E-state index is 0.00541. The van der Waals surface area contributed by atoms with Crippen LogP contribution in [0.2, 0.25) is 0 Å². The molecule has 0 fully saturated rings. The van der Waals surface area contributed by atoms with Crippen molar-refractivity contribution in [3.05, 3.63) is 29.3 Å². The first-order valence-electron chi connectivity index (χ1n) is 10.5. The van der Waals surface area contributed by atoms with Crippen LogP contribution in [0.25, 0.3) is 0 Å². The highest BCUT2D eigenvalue weighted by Gasteiger charge is 2.22. The third-order valence-corrected chi connectivity index (χ3v) is 4.37. The van der Waals surface area contributed by atoms with E-state index in [0.717, 1.165) is 12.1 Å². The first-order chi connectivity index (χ1) is 14.9. The lowest BCUT2D eigenvalue weighted by Gasteiger charge is -2.24. The van der Waals surface area contributed by atoms with E-state index in [1.165, 1.54) is 0 Å². The first kappa shape index (κ1) is 27.1. The van der Waals surface area contributed by atoms with Crippen molar-refractivity contribution in [2.45, 2.75) is 77.4 Å². The molecule has 1 aromatic rings. The van der Waals surface area contributed by atoms with Crippen LogP contribution >= 0.6 is 0 Å². The molecule has 0 aromatic heterocycles. The summed E-state index contributed by atoms with van der Waals surface area (Å²) in [5.41, 5.74) is 4.29.